The van der Waals surface area contributed by atoms with Crippen LogP contribution in [-0.4, -0.2) is 4.98 Å². The van der Waals surface area contributed by atoms with Gasteiger partial charge >= 0.3 is 0 Å². The van der Waals surface area contributed by atoms with E-state index in [2.05, 4.69) is 4.98 Å². The van der Waals surface area contributed by atoms with Gasteiger partial charge in [0.15, 0.2) is 0 Å². The van der Waals surface area contributed by atoms with E-state index < -0.39 is 0 Å². The number of aryl methyl sites for hydroxylation is 1. The van der Waals surface area contributed by atoms with E-state index in [1.54, 1.807) is 6.20 Å². The molecule has 2 N–H and O–H groups in total. The Labute approximate surface area is 105 Å². The molecule has 90 valence electrons. The molecule has 3 heteroatoms. The minimum Gasteiger partial charge on any atom is -0.459 e. The maximum absolute atomic E-state index is 6.17. The number of hydrogen-bond donors (Lipinski definition) is 1. The number of para-hydroxylation sites is 1. The first-order valence-electron chi connectivity index (χ1n) is 5.91. The van der Waals surface area contributed by atoms with Gasteiger partial charge in [-0.2, -0.15) is 0 Å². The van der Waals surface area contributed by atoms with Crippen LogP contribution in [0.15, 0.2) is 53.1 Å². The predicted octanol–water partition coefficient (Wildman–Crippen LogP) is 3.18. The van der Waals surface area contributed by atoms with Crippen molar-refractivity contribution in [2.24, 2.45) is 5.73 Å². The summed E-state index contributed by atoms with van der Waals surface area (Å²) in [5, 5.41) is 1.08. The quantitative estimate of drug-likeness (QED) is 0.746. The third-order valence-corrected chi connectivity index (χ3v) is 3.07. The molecule has 3 nitrogen and oxygen atoms in total. The molecule has 18 heavy (non-hydrogen) atoms. The number of nitrogens with two attached hydrogens (primary N) is 1. The highest BCUT2D eigenvalue weighted by Gasteiger charge is 2.15. The lowest BCUT2D eigenvalue weighted by Crippen LogP contribution is -2.12. The Morgan fingerprint density at radius 1 is 1.17 bits per heavy atom. The first-order valence-corrected chi connectivity index (χ1v) is 5.91. The van der Waals surface area contributed by atoms with Crippen LogP contribution in [0.25, 0.3) is 11.0 Å². The van der Waals surface area contributed by atoms with Gasteiger partial charge < -0.3 is 10.2 Å². The molecule has 0 aliphatic rings. The fourth-order valence-corrected chi connectivity index (χ4v) is 2.09. The third kappa shape index (κ3) is 1.79. The Morgan fingerprint density at radius 2 is 2.06 bits per heavy atom. The summed E-state index contributed by atoms with van der Waals surface area (Å²) in [6, 6.07) is 13.4. The maximum atomic E-state index is 6.17. The van der Waals surface area contributed by atoms with E-state index in [0.29, 0.717) is 0 Å². The summed E-state index contributed by atoms with van der Waals surface area (Å²) < 4.78 is 5.85. The van der Waals surface area contributed by atoms with Crippen molar-refractivity contribution in [1.29, 1.82) is 0 Å². The van der Waals surface area contributed by atoms with Gasteiger partial charge in [-0.05, 0) is 30.7 Å². The molecule has 3 aromatic rings. The Hall–Kier alpha value is -2.13. The molecule has 0 aliphatic carbocycles. The van der Waals surface area contributed by atoms with Crippen LogP contribution in [0.2, 0.25) is 0 Å². The fraction of sp³-hybridized carbons (Fsp3) is 0.133. The molecule has 0 aliphatic heterocycles. The average Bonchev–Trinajstić information content (AvgIpc) is 2.84. The van der Waals surface area contributed by atoms with Crippen molar-refractivity contribution in [1.82, 2.24) is 4.98 Å². The normalized spacial score (nSPS) is 12.8. The largest absolute Gasteiger partial charge is 0.459 e. The molecule has 0 fully saturated rings. The third-order valence-electron chi connectivity index (χ3n) is 3.07. The minimum atomic E-state index is -0.321. The number of furan rings is 1. The fourth-order valence-electron chi connectivity index (χ4n) is 2.09. The van der Waals surface area contributed by atoms with Gasteiger partial charge in [0.1, 0.15) is 17.4 Å². The van der Waals surface area contributed by atoms with E-state index in [1.807, 2.05) is 49.4 Å². The van der Waals surface area contributed by atoms with Crippen LogP contribution >= 0.6 is 0 Å². The SMILES string of the molecule is Cc1cccc2cc(C(N)c3ccccn3)oc12. The second-order valence-corrected chi connectivity index (χ2v) is 4.37. The van der Waals surface area contributed by atoms with Crippen molar-refractivity contribution >= 4 is 11.0 Å². The van der Waals surface area contributed by atoms with Crippen molar-refractivity contribution in [2.45, 2.75) is 13.0 Å². The standard InChI is InChI=1S/C15H14N2O/c1-10-5-4-6-11-9-13(18-15(10)11)14(16)12-7-2-3-8-17-12/h2-9,14H,16H2,1H3. The smallest absolute Gasteiger partial charge is 0.137 e. The maximum Gasteiger partial charge on any atom is 0.137 e. The van der Waals surface area contributed by atoms with Crippen molar-refractivity contribution in [3.63, 3.8) is 0 Å². The molecule has 0 spiro atoms. The van der Waals surface area contributed by atoms with Gasteiger partial charge in [0.2, 0.25) is 0 Å². The summed E-state index contributed by atoms with van der Waals surface area (Å²) in [6.07, 6.45) is 1.74. The summed E-state index contributed by atoms with van der Waals surface area (Å²) in [5.41, 5.74) is 9.01. The molecule has 1 atom stereocenters. The minimum absolute atomic E-state index is 0.321. The molecule has 3 rings (SSSR count). The zero-order chi connectivity index (χ0) is 12.5. The van der Waals surface area contributed by atoms with E-state index in [9.17, 15) is 0 Å². The highest BCUT2D eigenvalue weighted by molar-refractivity contribution is 5.81. The Balaban J connectivity index is 2.07. The zero-order valence-corrected chi connectivity index (χ0v) is 10.1. The summed E-state index contributed by atoms with van der Waals surface area (Å²) in [6.45, 7) is 2.03. The van der Waals surface area contributed by atoms with E-state index in [-0.39, 0.29) is 6.04 Å². The monoisotopic (exact) mass is 238 g/mol. The van der Waals surface area contributed by atoms with E-state index >= 15 is 0 Å². The second-order valence-electron chi connectivity index (χ2n) is 4.37. The first-order chi connectivity index (χ1) is 8.75. The molecule has 2 aromatic heterocycles. The first kappa shape index (κ1) is 11.0. The lowest BCUT2D eigenvalue weighted by molar-refractivity contribution is 0.519. The van der Waals surface area contributed by atoms with Crippen LogP contribution in [0.5, 0.6) is 0 Å². The van der Waals surface area contributed by atoms with Crippen LogP contribution in [-0.2, 0) is 0 Å². The number of fused-ring (bicyclic) bond motifs is 1. The molecular weight excluding hydrogens is 224 g/mol. The number of benzene rings is 1. The molecule has 0 radical (unpaired) electrons. The average molecular weight is 238 g/mol. The Morgan fingerprint density at radius 3 is 2.78 bits per heavy atom. The van der Waals surface area contributed by atoms with Crippen LogP contribution in [0, 0.1) is 6.92 Å². The number of aromatic nitrogens is 1. The molecule has 1 aromatic carbocycles. The number of hydrogen-bond acceptors (Lipinski definition) is 3. The highest BCUT2D eigenvalue weighted by Crippen LogP contribution is 2.27. The molecule has 0 saturated carbocycles. The molecule has 0 saturated heterocycles. The Bertz CT molecular complexity index is 673. The van der Waals surface area contributed by atoms with Gasteiger partial charge in [-0.3, -0.25) is 4.98 Å². The van der Waals surface area contributed by atoms with Crippen LogP contribution in [0.3, 0.4) is 0 Å². The van der Waals surface area contributed by atoms with Gasteiger partial charge in [-0.15, -0.1) is 0 Å². The number of nitrogens with zero attached hydrogens (tertiary/aromatic N) is 1. The van der Waals surface area contributed by atoms with Crippen molar-refractivity contribution < 1.29 is 4.42 Å². The van der Waals surface area contributed by atoms with Crippen LogP contribution in [0.4, 0.5) is 0 Å². The molecular formula is C15H14N2O. The summed E-state index contributed by atoms with van der Waals surface area (Å²) in [5.74, 6) is 0.748. The zero-order valence-electron chi connectivity index (χ0n) is 10.1. The van der Waals surface area contributed by atoms with E-state index in [1.165, 1.54) is 0 Å². The number of pyridine rings is 1. The van der Waals surface area contributed by atoms with E-state index in [4.69, 9.17) is 10.2 Å². The van der Waals surface area contributed by atoms with Gasteiger partial charge in [0.25, 0.3) is 0 Å². The summed E-state index contributed by atoms with van der Waals surface area (Å²) in [7, 11) is 0. The van der Waals surface area contributed by atoms with Crippen LogP contribution < -0.4 is 5.73 Å². The summed E-state index contributed by atoms with van der Waals surface area (Å²) >= 11 is 0. The van der Waals surface area contributed by atoms with E-state index in [0.717, 1.165) is 28.0 Å². The lowest BCUT2D eigenvalue weighted by Gasteiger charge is -2.06. The Kier molecular flexibility index (Phi) is 2.61. The number of rotatable bonds is 2. The van der Waals surface area contributed by atoms with Gasteiger partial charge in [-0.1, -0.05) is 24.3 Å². The second kappa shape index (κ2) is 4.27. The topological polar surface area (TPSA) is 52.0 Å². The molecule has 1 unspecified atom stereocenters. The van der Waals surface area contributed by atoms with Gasteiger partial charge in [0, 0.05) is 11.6 Å². The molecule has 0 bridgehead atoms. The highest BCUT2D eigenvalue weighted by atomic mass is 16.3. The van der Waals surface area contributed by atoms with Crippen molar-refractivity contribution in [3.8, 4) is 0 Å². The lowest BCUT2D eigenvalue weighted by atomic mass is 10.1. The van der Waals surface area contributed by atoms with Crippen molar-refractivity contribution in [3.05, 3.63) is 65.7 Å². The van der Waals surface area contributed by atoms with Crippen molar-refractivity contribution in [2.75, 3.05) is 0 Å². The summed E-state index contributed by atoms with van der Waals surface area (Å²) in [4.78, 5) is 4.26. The molecule has 0 amide bonds. The predicted molar refractivity (Wildman–Crippen MR) is 71.2 cm³/mol. The van der Waals surface area contributed by atoms with Gasteiger partial charge in [0.05, 0.1) is 5.69 Å². The van der Waals surface area contributed by atoms with Crippen LogP contribution in [0.1, 0.15) is 23.1 Å². The van der Waals surface area contributed by atoms with Gasteiger partial charge in [-0.25, -0.2) is 0 Å². The molecule has 2 heterocycles.